The fourth-order valence-corrected chi connectivity index (χ4v) is 1.17. The van der Waals surface area contributed by atoms with Gasteiger partial charge in [-0.3, -0.25) is 5.41 Å². The van der Waals surface area contributed by atoms with Gasteiger partial charge in [0.15, 0.2) is 0 Å². The van der Waals surface area contributed by atoms with Crippen LogP contribution in [-0.2, 0) is 4.74 Å². The number of benzene rings is 1. The third-order valence-electron chi connectivity index (χ3n) is 2.22. The van der Waals surface area contributed by atoms with E-state index >= 15 is 0 Å². The molecule has 0 amide bonds. The van der Waals surface area contributed by atoms with Crippen LogP contribution in [0.3, 0.4) is 0 Å². The molecule has 1 rings (SSSR count). The number of ether oxygens (including phenoxy) is 1. The first-order valence-corrected chi connectivity index (χ1v) is 4.94. The van der Waals surface area contributed by atoms with Crippen molar-refractivity contribution in [2.75, 3.05) is 6.61 Å². The van der Waals surface area contributed by atoms with Crippen molar-refractivity contribution in [3.63, 3.8) is 0 Å². The zero-order chi connectivity index (χ0) is 10.6. The van der Waals surface area contributed by atoms with Crippen LogP contribution in [0.15, 0.2) is 18.2 Å². The highest BCUT2D eigenvalue weighted by molar-refractivity contribution is 5.91. The van der Waals surface area contributed by atoms with Gasteiger partial charge in [0.05, 0.1) is 6.61 Å². The Morgan fingerprint density at radius 2 is 2.00 bits per heavy atom. The highest BCUT2D eigenvalue weighted by Gasteiger charge is 2.02. The third-order valence-corrected chi connectivity index (χ3v) is 2.22. The van der Waals surface area contributed by atoms with Gasteiger partial charge in [0.1, 0.15) is 0 Å². The molecule has 2 heteroatoms. The smallest absolute Gasteiger partial charge is 0.213 e. The molecule has 0 heterocycles. The summed E-state index contributed by atoms with van der Waals surface area (Å²) in [5.74, 6) is 0.273. The Hall–Kier alpha value is -1.31. The molecule has 0 radical (unpaired) electrons. The summed E-state index contributed by atoms with van der Waals surface area (Å²) in [6, 6.07) is 5.95. The summed E-state index contributed by atoms with van der Waals surface area (Å²) in [6.45, 7) is 6.76. The topological polar surface area (TPSA) is 33.1 Å². The Bertz CT molecular complexity index is 331. The van der Waals surface area contributed by atoms with Crippen molar-refractivity contribution in [1.82, 2.24) is 0 Å². The van der Waals surface area contributed by atoms with Crippen molar-refractivity contribution < 1.29 is 4.74 Å². The molecule has 0 aliphatic heterocycles. The zero-order valence-corrected chi connectivity index (χ0v) is 9.05. The van der Waals surface area contributed by atoms with E-state index in [1.807, 2.05) is 32.0 Å². The van der Waals surface area contributed by atoms with E-state index in [0.717, 1.165) is 12.0 Å². The van der Waals surface area contributed by atoms with Crippen molar-refractivity contribution in [1.29, 1.82) is 5.41 Å². The molecule has 0 bridgehead atoms. The molecule has 14 heavy (non-hydrogen) atoms. The summed E-state index contributed by atoms with van der Waals surface area (Å²) < 4.78 is 5.26. The van der Waals surface area contributed by atoms with E-state index in [9.17, 15) is 0 Å². The van der Waals surface area contributed by atoms with Crippen molar-refractivity contribution in [2.24, 2.45) is 0 Å². The van der Waals surface area contributed by atoms with Crippen LogP contribution >= 0.6 is 0 Å². The van der Waals surface area contributed by atoms with Gasteiger partial charge in [-0.15, -0.1) is 0 Å². The summed E-state index contributed by atoms with van der Waals surface area (Å²) >= 11 is 0. The van der Waals surface area contributed by atoms with Crippen LogP contribution in [0.1, 0.15) is 30.0 Å². The predicted molar refractivity (Wildman–Crippen MR) is 59.0 cm³/mol. The number of aryl methyl sites for hydroxylation is 2. The Balaban J connectivity index is 2.76. The first kappa shape index (κ1) is 10.8. The molecule has 0 fully saturated rings. The van der Waals surface area contributed by atoms with Gasteiger partial charge in [-0.1, -0.05) is 13.0 Å². The maximum Gasteiger partial charge on any atom is 0.213 e. The molecule has 1 N–H and O–H groups in total. The summed E-state index contributed by atoms with van der Waals surface area (Å²) in [4.78, 5) is 0. The Kier molecular flexibility index (Phi) is 3.69. The maximum absolute atomic E-state index is 7.68. The molecule has 0 atom stereocenters. The average molecular weight is 191 g/mol. The first-order valence-electron chi connectivity index (χ1n) is 4.94. The summed E-state index contributed by atoms with van der Waals surface area (Å²) in [6.07, 6.45) is 0.938. The van der Waals surface area contributed by atoms with Crippen LogP contribution in [0.2, 0.25) is 0 Å². The van der Waals surface area contributed by atoms with E-state index in [-0.39, 0.29) is 5.90 Å². The molecule has 2 nitrogen and oxygen atoms in total. The predicted octanol–water partition coefficient (Wildman–Crippen LogP) is 3.06. The lowest BCUT2D eigenvalue weighted by Crippen LogP contribution is -2.06. The van der Waals surface area contributed by atoms with Crippen LogP contribution in [0, 0.1) is 19.3 Å². The molecular weight excluding hydrogens is 174 g/mol. The normalized spacial score (nSPS) is 9.93. The first-order chi connectivity index (χ1) is 6.65. The SMILES string of the molecule is CCCOC(=N)c1ccc(C)c(C)c1. The van der Waals surface area contributed by atoms with Gasteiger partial charge < -0.3 is 4.74 Å². The fourth-order valence-electron chi connectivity index (χ4n) is 1.17. The van der Waals surface area contributed by atoms with Gasteiger partial charge in [0, 0.05) is 5.56 Å². The largest absolute Gasteiger partial charge is 0.478 e. The van der Waals surface area contributed by atoms with E-state index in [1.165, 1.54) is 11.1 Å². The minimum Gasteiger partial charge on any atom is -0.478 e. The van der Waals surface area contributed by atoms with E-state index in [1.54, 1.807) is 0 Å². The van der Waals surface area contributed by atoms with Gasteiger partial charge in [-0.2, -0.15) is 0 Å². The quantitative estimate of drug-likeness (QED) is 0.578. The van der Waals surface area contributed by atoms with Crippen molar-refractivity contribution >= 4 is 5.90 Å². The molecule has 76 valence electrons. The number of rotatable bonds is 3. The van der Waals surface area contributed by atoms with Crippen LogP contribution in [-0.4, -0.2) is 12.5 Å². The molecular formula is C12H17NO. The van der Waals surface area contributed by atoms with E-state index in [0.29, 0.717) is 6.61 Å². The summed E-state index contributed by atoms with van der Waals surface area (Å²) in [5, 5.41) is 7.68. The van der Waals surface area contributed by atoms with Gasteiger partial charge in [0.2, 0.25) is 5.90 Å². The second-order valence-electron chi connectivity index (χ2n) is 3.48. The number of hydrogen-bond acceptors (Lipinski definition) is 2. The highest BCUT2D eigenvalue weighted by atomic mass is 16.5. The molecule has 1 aromatic carbocycles. The number of hydrogen-bond donors (Lipinski definition) is 1. The van der Waals surface area contributed by atoms with Crippen molar-refractivity contribution in [3.8, 4) is 0 Å². The Labute approximate surface area is 85.4 Å². The molecule has 1 aromatic rings. The Morgan fingerprint density at radius 3 is 2.57 bits per heavy atom. The molecule has 0 spiro atoms. The van der Waals surface area contributed by atoms with Crippen LogP contribution < -0.4 is 0 Å². The lowest BCUT2D eigenvalue weighted by molar-refractivity contribution is 0.303. The Morgan fingerprint density at radius 1 is 1.29 bits per heavy atom. The second-order valence-corrected chi connectivity index (χ2v) is 3.48. The van der Waals surface area contributed by atoms with E-state index in [2.05, 4.69) is 6.92 Å². The lowest BCUT2D eigenvalue weighted by Gasteiger charge is -2.07. The highest BCUT2D eigenvalue weighted by Crippen LogP contribution is 2.10. The summed E-state index contributed by atoms with van der Waals surface area (Å²) in [7, 11) is 0. The molecule has 0 aliphatic rings. The zero-order valence-electron chi connectivity index (χ0n) is 9.05. The van der Waals surface area contributed by atoms with Gasteiger partial charge in [-0.25, -0.2) is 0 Å². The molecule has 0 saturated carbocycles. The van der Waals surface area contributed by atoms with Gasteiger partial charge >= 0.3 is 0 Å². The number of nitrogens with one attached hydrogen (secondary N) is 1. The van der Waals surface area contributed by atoms with E-state index < -0.39 is 0 Å². The van der Waals surface area contributed by atoms with Crippen molar-refractivity contribution in [2.45, 2.75) is 27.2 Å². The minimum absolute atomic E-state index is 0.273. The molecule has 0 aliphatic carbocycles. The monoisotopic (exact) mass is 191 g/mol. The van der Waals surface area contributed by atoms with Crippen LogP contribution in [0.4, 0.5) is 0 Å². The lowest BCUT2D eigenvalue weighted by atomic mass is 10.1. The second kappa shape index (κ2) is 4.80. The maximum atomic E-state index is 7.68. The average Bonchev–Trinajstić information content (AvgIpc) is 2.18. The van der Waals surface area contributed by atoms with E-state index in [4.69, 9.17) is 10.1 Å². The summed E-state index contributed by atoms with van der Waals surface area (Å²) in [5.41, 5.74) is 3.31. The van der Waals surface area contributed by atoms with Gasteiger partial charge in [-0.05, 0) is 43.5 Å². The third kappa shape index (κ3) is 2.59. The van der Waals surface area contributed by atoms with Crippen molar-refractivity contribution in [3.05, 3.63) is 34.9 Å². The minimum atomic E-state index is 0.273. The fraction of sp³-hybridized carbons (Fsp3) is 0.417. The molecule has 0 saturated heterocycles. The van der Waals surface area contributed by atoms with Crippen LogP contribution in [0.5, 0.6) is 0 Å². The van der Waals surface area contributed by atoms with Crippen LogP contribution in [0.25, 0.3) is 0 Å². The standard InChI is InChI=1S/C12H17NO/c1-4-7-14-12(13)11-6-5-9(2)10(3)8-11/h5-6,8,13H,4,7H2,1-3H3. The molecule has 0 aromatic heterocycles. The van der Waals surface area contributed by atoms with Gasteiger partial charge in [0.25, 0.3) is 0 Å². The molecule has 0 unspecified atom stereocenters.